The highest BCUT2D eigenvalue weighted by Crippen LogP contribution is 2.29. The number of aryl methyl sites for hydroxylation is 1. The Hall–Kier alpha value is -2.49. The monoisotopic (exact) mass is 281 g/mol. The van der Waals surface area contributed by atoms with E-state index >= 15 is 0 Å². The van der Waals surface area contributed by atoms with Gasteiger partial charge in [0.25, 0.3) is 0 Å². The van der Waals surface area contributed by atoms with Gasteiger partial charge >= 0.3 is 0 Å². The Kier molecular flexibility index (Phi) is 3.52. The van der Waals surface area contributed by atoms with Crippen molar-refractivity contribution in [3.8, 4) is 11.4 Å². The van der Waals surface area contributed by atoms with Gasteiger partial charge in [-0.2, -0.15) is 0 Å². The van der Waals surface area contributed by atoms with E-state index in [-0.39, 0.29) is 0 Å². The van der Waals surface area contributed by atoms with E-state index < -0.39 is 0 Å². The minimum Gasteiger partial charge on any atom is -0.492 e. The van der Waals surface area contributed by atoms with Crippen LogP contribution in [0.2, 0.25) is 0 Å². The van der Waals surface area contributed by atoms with Crippen molar-refractivity contribution < 1.29 is 4.74 Å². The number of nitrogen functional groups attached to an aromatic ring is 1. The first-order valence-electron chi connectivity index (χ1n) is 7.23. The molecule has 0 spiro atoms. The highest BCUT2D eigenvalue weighted by Gasteiger charge is 2.13. The van der Waals surface area contributed by atoms with Gasteiger partial charge in [-0.05, 0) is 43.2 Å². The van der Waals surface area contributed by atoms with E-state index in [2.05, 4.69) is 24.0 Å². The van der Waals surface area contributed by atoms with Crippen LogP contribution in [0.25, 0.3) is 16.7 Å². The molecule has 4 nitrogen and oxygen atoms in total. The van der Waals surface area contributed by atoms with E-state index in [0.717, 1.165) is 28.9 Å². The molecule has 0 fully saturated rings. The molecule has 1 aromatic heterocycles. The van der Waals surface area contributed by atoms with Crippen molar-refractivity contribution in [3.63, 3.8) is 0 Å². The van der Waals surface area contributed by atoms with Gasteiger partial charge in [0.2, 0.25) is 5.95 Å². The molecule has 2 N–H and O–H groups in total. The number of aromatic nitrogens is 2. The SMILES string of the molecule is CCOc1cccc2c1nc(N)n2-c1cccc(CC)c1. The molecule has 1 heterocycles. The first-order chi connectivity index (χ1) is 10.2. The maximum atomic E-state index is 6.14. The van der Waals surface area contributed by atoms with E-state index in [0.29, 0.717) is 12.6 Å². The summed E-state index contributed by atoms with van der Waals surface area (Å²) < 4.78 is 7.61. The summed E-state index contributed by atoms with van der Waals surface area (Å²) >= 11 is 0. The molecule has 21 heavy (non-hydrogen) atoms. The average molecular weight is 281 g/mol. The Bertz CT molecular complexity index is 777. The number of imidazole rings is 1. The van der Waals surface area contributed by atoms with Gasteiger partial charge in [0, 0.05) is 5.69 Å². The molecule has 0 aliphatic carbocycles. The van der Waals surface area contributed by atoms with Crippen molar-refractivity contribution in [2.45, 2.75) is 20.3 Å². The van der Waals surface area contributed by atoms with Crippen molar-refractivity contribution in [1.82, 2.24) is 9.55 Å². The zero-order valence-corrected chi connectivity index (χ0v) is 12.3. The van der Waals surface area contributed by atoms with Gasteiger partial charge in [0.1, 0.15) is 11.3 Å². The van der Waals surface area contributed by atoms with Crippen LogP contribution in [0.15, 0.2) is 42.5 Å². The number of rotatable bonds is 4. The van der Waals surface area contributed by atoms with Crippen LogP contribution in [0, 0.1) is 0 Å². The highest BCUT2D eigenvalue weighted by atomic mass is 16.5. The van der Waals surface area contributed by atoms with Gasteiger partial charge in [-0.3, -0.25) is 4.57 Å². The Balaban J connectivity index is 2.22. The summed E-state index contributed by atoms with van der Waals surface area (Å²) in [5.41, 5.74) is 10.2. The highest BCUT2D eigenvalue weighted by molar-refractivity contribution is 5.86. The Labute approximate surface area is 124 Å². The quantitative estimate of drug-likeness (QED) is 0.795. The largest absolute Gasteiger partial charge is 0.492 e. The average Bonchev–Trinajstić information content (AvgIpc) is 2.85. The number of fused-ring (bicyclic) bond motifs is 1. The first-order valence-corrected chi connectivity index (χ1v) is 7.23. The molecule has 4 heteroatoms. The molecule has 0 aliphatic rings. The smallest absolute Gasteiger partial charge is 0.206 e. The number of para-hydroxylation sites is 1. The molecule has 0 atom stereocenters. The molecule has 0 amide bonds. The van der Waals surface area contributed by atoms with E-state index in [4.69, 9.17) is 10.5 Å². The third-order valence-corrected chi connectivity index (χ3v) is 3.55. The summed E-state index contributed by atoms with van der Waals surface area (Å²) in [6, 6.07) is 14.3. The maximum Gasteiger partial charge on any atom is 0.206 e. The van der Waals surface area contributed by atoms with Crippen LogP contribution < -0.4 is 10.5 Å². The van der Waals surface area contributed by atoms with Gasteiger partial charge < -0.3 is 10.5 Å². The van der Waals surface area contributed by atoms with Crippen LogP contribution in [0.3, 0.4) is 0 Å². The molecule has 3 rings (SSSR count). The fourth-order valence-corrected chi connectivity index (χ4v) is 2.55. The fourth-order valence-electron chi connectivity index (χ4n) is 2.55. The Morgan fingerprint density at radius 1 is 1.14 bits per heavy atom. The molecular weight excluding hydrogens is 262 g/mol. The number of hydrogen-bond acceptors (Lipinski definition) is 3. The summed E-state index contributed by atoms with van der Waals surface area (Å²) in [5.74, 6) is 1.25. The molecule has 0 unspecified atom stereocenters. The number of nitrogens with two attached hydrogens (primary N) is 1. The van der Waals surface area contributed by atoms with Crippen LogP contribution in [0.4, 0.5) is 5.95 Å². The minimum atomic E-state index is 0.477. The summed E-state index contributed by atoms with van der Waals surface area (Å²) in [7, 11) is 0. The Morgan fingerprint density at radius 2 is 1.95 bits per heavy atom. The second-order valence-electron chi connectivity index (χ2n) is 4.89. The standard InChI is InChI=1S/C17H19N3O/c1-3-12-7-5-8-13(11-12)20-14-9-6-10-15(21-4-2)16(14)19-17(20)18/h5-11H,3-4H2,1-2H3,(H2,18,19). The zero-order valence-electron chi connectivity index (χ0n) is 12.3. The summed E-state index contributed by atoms with van der Waals surface area (Å²) in [6.45, 7) is 4.71. The van der Waals surface area contributed by atoms with E-state index in [9.17, 15) is 0 Å². The van der Waals surface area contributed by atoms with E-state index in [1.54, 1.807) is 0 Å². The summed E-state index contributed by atoms with van der Waals surface area (Å²) in [6.07, 6.45) is 0.991. The van der Waals surface area contributed by atoms with Gasteiger partial charge in [-0.15, -0.1) is 0 Å². The van der Waals surface area contributed by atoms with Crippen molar-refractivity contribution in [2.75, 3.05) is 12.3 Å². The number of nitrogens with zero attached hydrogens (tertiary/aromatic N) is 2. The van der Waals surface area contributed by atoms with Gasteiger partial charge in [-0.1, -0.05) is 25.1 Å². The molecule has 0 saturated heterocycles. The molecule has 0 saturated carbocycles. The second-order valence-corrected chi connectivity index (χ2v) is 4.89. The topological polar surface area (TPSA) is 53.1 Å². The number of benzene rings is 2. The lowest BCUT2D eigenvalue weighted by molar-refractivity contribution is 0.344. The zero-order chi connectivity index (χ0) is 14.8. The van der Waals surface area contributed by atoms with Crippen molar-refractivity contribution >= 4 is 17.0 Å². The van der Waals surface area contributed by atoms with Gasteiger partial charge in [-0.25, -0.2) is 4.98 Å². The number of ether oxygens (including phenoxy) is 1. The minimum absolute atomic E-state index is 0.477. The Morgan fingerprint density at radius 3 is 2.71 bits per heavy atom. The van der Waals surface area contributed by atoms with Crippen LogP contribution in [0.5, 0.6) is 5.75 Å². The maximum absolute atomic E-state index is 6.14. The lowest BCUT2D eigenvalue weighted by atomic mass is 10.1. The van der Waals surface area contributed by atoms with Crippen LogP contribution >= 0.6 is 0 Å². The van der Waals surface area contributed by atoms with Gasteiger partial charge in [0.15, 0.2) is 0 Å². The van der Waals surface area contributed by atoms with Crippen LogP contribution in [-0.2, 0) is 6.42 Å². The molecule has 108 valence electrons. The molecule has 2 aromatic carbocycles. The van der Waals surface area contributed by atoms with Crippen molar-refractivity contribution in [1.29, 1.82) is 0 Å². The first kappa shape index (κ1) is 13.5. The third kappa shape index (κ3) is 2.33. The predicted molar refractivity (Wildman–Crippen MR) is 86.0 cm³/mol. The number of hydrogen-bond donors (Lipinski definition) is 1. The van der Waals surface area contributed by atoms with Crippen molar-refractivity contribution in [2.24, 2.45) is 0 Å². The molecular formula is C17H19N3O. The summed E-state index contributed by atoms with van der Waals surface area (Å²) in [4.78, 5) is 4.48. The number of anilines is 1. The van der Waals surface area contributed by atoms with Crippen molar-refractivity contribution in [3.05, 3.63) is 48.0 Å². The van der Waals surface area contributed by atoms with Crippen LogP contribution in [-0.4, -0.2) is 16.2 Å². The normalized spacial score (nSPS) is 11.0. The van der Waals surface area contributed by atoms with Gasteiger partial charge in [0.05, 0.1) is 12.1 Å². The molecule has 0 radical (unpaired) electrons. The predicted octanol–water partition coefficient (Wildman–Crippen LogP) is 3.57. The molecule has 0 bridgehead atoms. The molecule has 0 aliphatic heterocycles. The van der Waals surface area contributed by atoms with Crippen LogP contribution in [0.1, 0.15) is 19.4 Å². The lowest BCUT2D eigenvalue weighted by Crippen LogP contribution is -2.01. The third-order valence-electron chi connectivity index (χ3n) is 3.55. The second kappa shape index (κ2) is 5.48. The molecule has 3 aromatic rings. The lowest BCUT2D eigenvalue weighted by Gasteiger charge is -2.08. The van der Waals surface area contributed by atoms with E-state index in [1.807, 2.05) is 41.8 Å². The summed E-state index contributed by atoms with van der Waals surface area (Å²) in [5, 5.41) is 0. The fraction of sp³-hybridized carbons (Fsp3) is 0.235. The van der Waals surface area contributed by atoms with E-state index in [1.165, 1.54) is 5.56 Å².